The number of fused-ring (bicyclic) bond motifs is 5. The molecule has 0 radical (unpaired) electrons. The van der Waals surface area contributed by atoms with Crippen molar-refractivity contribution in [2.75, 3.05) is 49.4 Å². The Kier molecular flexibility index (Phi) is 10.9. The Hall–Kier alpha value is -2.54. The van der Waals surface area contributed by atoms with Gasteiger partial charge < -0.3 is 36.0 Å². The Bertz CT molecular complexity index is 1970. The average Bonchev–Trinajstić information content (AvgIpc) is 3.86. The highest BCUT2D eigenvalue weighted by molar-refractivity contribution is 8.76. The Morgan fingerprint density at radius 1 is 0.922 bits per heavy atom. The van der Waals surface area contributed by atoms with E-state index >= 15 is 4.39 Å². The minimum absolute atomic E-state index is 0.0441. The van der Waals surface area contributed by atoms with Crippen LogP contribution in [0.3, 0.4) is 0 Å². The van der Waals surface area contributed by atoms with Crippen molar-refractivity contribution in [3.05, 3.63) is 31.2 Å². The second kappa shape index (κ2) is 15.1. The molecule has 21 nitrogen and oxygen atoms in total. The predicted molar refractivity (Wildman–Crippen MR) is 177 cm³/mol. The number of halogens is 1. The van der Waals surface area contributed by atoms with Crippen LogP contribution >= 0.6 is 37.2 Å². The number of aliphatic hydroxyl groups excluding tert-OH is 2. The molecule has 26 heteroatoms. The number of aromatic nitrogens is 7. The summed E-state index contributed by atoms with van der Waals surface area (Å²) < 4.78 is 86.2. The molecule has 0 saturated carbocycles. The summed E-state index contributed by atoms with van der Waals surface area (Å²) in [5.74, 6) is 0.752. The molecule has 7 rings (SSSR count). The maximum atomic E-state index is 16.2. The van der Waals surface area contributed by atoms with Crippen molar-refractivity contribution in [2.24, 2.45) is 0 Å². The van der Waals surface area contributed by atoms with Crippen molar-refractivity contribution >= 4 is 71.1 Å². The summed E-state index contributed by atoms with van der Waals surface area (Å²) in [5.41, 5.74) is 13.0. The molecule has 3 fully saturated rings. The lowest BCUT2D eigenvalue weighted by molar-refractivity contribution is -0.0689. The van der Waals surface area contributed by atoms with Crippen LogP contribution in [0.25, 0.3) is 22.3 Å². The Balaban J connectivity index is 1.21. The van der Waals surface area contributed by atoms with E-state index in [-0.39, 0.29) is 52.8 Å². The minimum Gasteiger partial charge on any atom is -0.397 e. The molecule has 278 valence electrons. The van der Waals surface area contributed by atoms with Gasteiger partial charge in [0, 0.05) is 17.7 Å². The Labute approximate surface area is 295 Å². The molecule has 0 amide bonds. The standard InChI is InChI=1S/C25H32FN9O12P2S2/c26-15-19-14(45-24(15)34-10-32-16-12(27)1-2-29-22(16)34)8-43-49(40,41-4-6-51-50-5-3-36)47-20-18(37)13(7-42-48(38,39)46-19)44-25(20)35-11-33-17-21(28)30-9-31-23(17)35/h1-2,9-11,13-15,18-20,24-25,36-37H,3-8H2,(H2,27,29)(H,38,39)(H2,28,30,31)/t13-,14-,15+,18+,19?,20?,24-,25-,49?/m1/s1. The first-order valence-electron chi connectivity index (χ1n) is 15.2. The lowest BCUT2D eigenvalue weighted by Gasteiger charge is -2.27. The predicted octanol–water partition coefficient (Wildman–Crippen LogP) is 1.35. The number of ether oxygens (including phenoxy) is 2. The maximum absolute atomic E-state index is 16.2. The summed E-state index contributed by atoms with van der Waals surface area (Å²) in [6.45, 7) is -1.77. The van der Waals surface area contributed by atoms with E-state index in [2.05, 4.69) is 24.9 Å². The highest BCUT2D eigenvalue weighted by atomic mass is 33.1. The first-order chi connectivity index (χ1) is 24.5. The third kappa shape index (κ3) is 7.49. The van der Waals surface area contributed by atoms with Gasteiger partial charge in [-0.2, -0.15) is 0 Å². The fourth-order valence-electron chi connectivity index (χ4n) is 5.67. The normalized spacial score (nSPS) is 34.7. The zero-order valence-corrected chi connectivity index (χ0v) is 29.6. The molecule has 0 aliphatic carbocycles. The first kappa shape index (κ1) is 36.8. The van der Waals surface area contributed by atoms with Crippen LogP contribution < -0.4 is 11.5 Å². The van der Waals surface area contributed by atoms with Gasteiger partial charge in [-0.25, -0.2) is 38.4 Å². The van der Waals surface area contributed by atoms with Crippen LogP contribution in [0.5, 0.6) is 0 Å². The van der Waals surface area contributed by atoms with Gasteiger partial charge in [-0.15, -0.1) is 0 Å². The van der Waals surface area contributed by atoms with Crippen molar-refractivity contribution in [2.45, 2.75) is 49.1 Å². The van der Waals surface area contributed by atoms with E-state index in [0.717, 1.165) is 0 Å². The molecule has 0 spiro atoms. The number of phosphoric ester groups is 2. The van der Waals surface area contributed by atoms with Crippen LogP contribution in [0.1, 0.15) is 12.5 Å². The summed E-state index contributed by atoms with van der Waals surface area (Å²) in [5, 5.41) is 20.4. The van der Waals surface area contributed by atoms with E-state index in [0.29, 0.717) is 5.75 Å². The fraction of sp³-hybridized carbons (Fsp3) is 0.560. The molecular formula is C25H32FN9O12P2S2. The fourth-order valence-corrected chi connectivity index (χ4v) is 9.71. The number of imidazole rings is 2. The zero-order valence-electron chi connectivity index (χ0n) is 26.1. The molecular weight excluding hydrogens is 763 g/mol. The second-order valence-corrected chi connectivity index (χ2v) is 17.0. The molecule has 51 heavy (non-hydrogen) atoms. The van der Waals surface area contributed by atoms with Gasteiger partial charge >= 0.3 is 15.6 Å². The molecule has 7 heterocycles. The molecule has 2 bridgehead atoms. The number of nitrogens with two attached hydrogens (primary N) is 2. The summed E-state index contributed by atoms with van der Waals surface area (Å²) in [7, 11) is -7.19. The average molecular weight is 796 g/mol. The Morgan fingerprint density at radius 3 is 2.43 bits per heavy atom. The third-order valence-corrected chi connectivity index (χ3v) is 12.8. The van der Waals surface area contributed by atoms with E-state index in [1.807, 2.05) is 0 Å². The van der Waals surface area contributed by atoms with Gasteiger partial charge in [0.1, 0.15) is 47.9 Å². The van der Waals surface area contributed by atoms with Crippen molar-refractivity contribution in [1.29, 1.82) is 0 Å². The van der Waals surface area contributed by atoms with Crippen molar-refractivity contribution in [3.63, 3.8) is 0 Å². The number of hydrogen-bond acceptors (Lipinski definition) is 20. The third-order valence-electron chi connectivity index (χ3n) is 7.99. The van der Waals surface area contributed by atoms with Crippen molar-refractivity contribution < 1.29 is 60.7 Å². The molecule has 0 aromatic carbocycles. The molecule has 4 unspecified atom stereocenters. The SMILES string of the molecule is Nc1ncnc2c1ncn2[C@@H]1O[C@@H]2COP(=O)(O)OC3[C@@H](COP(=O)(OCCSSCCO)OC1[C@H]2O)O[C@@H](n1cnc2c(N)ccnc21)[C@H]3F. The number of phosphoric acid groups is 2. The summed E-state index contributed by atoms with van der Waals surface area (Å²) in [6.07, 6.45) is -7.91. The smallest absolute Gasteiger partial charge is 0.397 e. The van der Waals surface area contributed by atoms with Crippen LogP contribution in [0.2, 0.25) is 0 Å². The molecule has 3 aliphatic rings. The van der Waals surface area contributed by atoms with E-state index in [1.165, 1.54) is 62.0 Å². The maximum Gasteiger partial charge on any atom is 0.475 e. The minimum atomic E-state index is -5.11. The molecule has 3 saturated heterocycles. The number of aliphatic hydroxyl groups is 2. The quantitative estimate of drug-likeness (QED) is 0.0907. The summed E-state index contributed by atoms with van der Waals surface area (Å²) in [4.78, 5) is 31.4. The molecule has 10 atom stereocenters. The molecule has 4 aromatic heterocycles. The molecule has 4 aromatic rings. The van der Waals surface area contributed by atoms with Crippen LogP contribution in [-0.2, 0) is 41.2 Å². The number of nitrogens with zero attached hydrogens (tertiary/aromatic N) is 7. The van der Waals surface area contributed by atoms with E-state index < -0.39 is 78.0 Å². The molecule has 3 aliphatic heterocycles. The topological polar surface area (TPSA) is 286 Å². The van der Waals surface area contributed by atoms with Crippen LogP contribution in [0.4, 0.5) is 15.9 Å². The number of anilines is 2. The van der Waals surface area contributed by atoms with Crippen molar-refractivity contribution in [3.8, 4) is 0 Å². The summed E-state index contributed by atoms with van der Waals surface area (Å²) in [6, 6.07) is 1.51. The lowest BCUT2D eigenvalue weighted by Crippen LogP contribution is -2.35. The van der Waals surface area contributed by atoms with Gasteiger partial charge in [0.05, 0.1) is 44.8 Å². The number of nitrogen functional groups attached to an aromatic ring is 2. The highest BCUT2D eigenvalue weighted by Gasteiger charge is 2.55. The van der Waals surface area contributed by atoms with Gasteiger partial charge in [0.2, 0.25) is 0 Å². The Morgan fingerprint density at radius 2 is 1.63 bits per heavy atom. The number of hydrogen-bond donors (Lipinski definition) is 5. The van der Waals surface area contributed by atoms with Crippen molar-refractivity contribution in [1.82, 2.24) is 34.1 Å². The van der Waals surface area contributed by atoms with Crippen LogP contribution in [0.15, 0.2) is 31.2 Å². The van der Waals surface area contributed by atoms with E-state index in [4.69, 9.17) is 48.7 Å². The number of rotatable bonds is 9. The zero-order chi connectivity index (χ0) is 35.9. The van der Waals surface area contributed by atoms with Gasteiger partial charge in [-0.1, -0.05) is 21.6 Å². The van der Waals surface area contributed by atoms with Crippen LogP contribution in [-0.4, -0.2) is 124 Å². The van der Waals surface area contributed by atoms with Gasteiger partial charge in [0.25, 0.3) is 0 Å². The van der Waals surface area contributed by atoms with E-state index in [1.54, 1.807) is 0 Å². The number of alkyl halides is 1. The van der Waals surface area contributed by atoms with Crippen LogP contribution in [0, 0.1) is 0 Å². The van der Waals surface area contributed by atoms with Gasteiger partial charge in [0.15, 0.2) is 35.7 Å². The van der Waals surface area contributed by atoms with E-state index in [9.17, 15) is 19.1 Å². The summed E-state index contributed by atoms with van der Waals surface area (Å²) >= 11 is 0. The number of pyridine rings is 1. The second-order valence-electron chi connectivity index (χ2n) is 11.2. The lowest BCUT2D eigenvalue weighted by atomic mass is 10.1. The first-order valence-corrected chi connectivity index (χ1v) is 20.6. The largest absolute Gasteiger partial charge is 0.475 e. The van der Waals surface area contributed by atoms with Gasteiger partial charge in [-0.3, -0.25) is 31.8 Å². The molecule has 7 N–H and O–H groups in total. The highest BCUT2D eigenvalue weighted by Crippen LogP contribution is 2.56. The monoisotopic (exact) mass is 795 g/mol. The van der Waals surface area contributed by atoms with Gasteiger partial charge in [-0.05, 0) is 6.07 Å².